The van der Waals surface area contributed by atoms with Crippen molar-refractivity contribution in [3.63, 3.8) is 0 Å². The van der Waals surface area contributed by atoms with Crippen LogP contribution in [0.5, 0.6) is 0 Å². The highest BCUT2D eigenvalue weighted by Crippen LogP contribution is 2.30. The average Bonchev–Trinajstić information content (AvgIpc) is 2.91. The van der Waals surface area contributed by atoms with Gasteiger partial charge in [-0.25, -0.2) is 19.4 Å². The highest BCUT2D eigenvalue weighted by molar-refractivity contribution is 6.33. The van der Waals surface area contributed by atoms with E-state index in [1.807, 2.05) is 20.8 Å². The molecule has 1 unspecified atom stereocenters. The monoisotopic (exact) mass is 337 g/mol. The number of fused-ring (bicyclic) bond motifs is 1. The fourth-order valence-electron chi connectivity index (χ4n) is 2.75. The molecular formula is C15H20ClN5O2. The van der Waals surface area contributed by atoms with Crippen LogP contribution in [0.4, 0.5) is 4.79 Å². The molecule has 2 aromatic heterocycles. The molecule has 3 rings (SSSR count). The van der Waals surface area contributed by atoms with E-state index in [0.717, 1.165) is 19.3 Å². The minimum absolute atomic E-state index is 0.220. The summed E-state index contributed by atoms with van der Waals surface area (Å²) in [5, 5.41) is 5.44. The maximum atomic E-state index is 12.5. The summed E-state index contributed by atoms with van der Waals surface area (Å²) in [6, 6.07) is 0. The van der Waals surface area contributed by atoms with E-state index in [2.05, 4.69) is 15.1 Å². The fourth-order valence-corrected chi connectivity index (χ4v) is 2.93. The lowest BCUT2D eigenvalue weighted by Crippen LogP contribution is -2.44. The quantitative estimate of drug-likeness (QED) is 0.746. The summed E-state index contributed by atoms with van der Waals surface area (Å²) < 4.78 is 7.27. The van der Waals surface area contributed by atoms with E-state index in [0.29, 0.717) is 22.7 Å². The molecule has 23 heavy (non-hydrogen) atoms. The molecule has 1 amide bonds. The van der Waals surface area contributed by atoms with Gasteiger partial charge in [0.1, 0.15) is 23.2 Å². The first-order valence-electron chi connectivity index (χ1n) is 7.70. The molecule has 7 nitrogen and oxygen atoms in total. The summed E-state index contributed by atoms with van der Waals surface area (Å²) in [7, 11) is 0. The molecule has 1 fully saturated rings. The van der Waals surface area contributed by atoms with E-state index >= 15 is 0 Å². The lowest BCUT2D eigenvalue weighted by molar-refractivity contribution is -0.00267. The number of nitrogens with zero attached hydrogens (tertiary/aromatic N) is 5. The van der Waals surface area contributed by atoms with Crippen LogP contribution in [0.2, 0.25) is 5.15 Å². The van der Waals surface area contributed by atoms with Crippen LogP contribution in [-0.2, 0) is 4.74 Å². The number of carbonyl (C=O) groups excluding carboxylic acids is 1. The number of carbonyl (C=O) groups is 1. The van der Waals surface area contributed by atoms with Crippen LogP contribution < -0.4 is 0 Å². The summed E-state index contributed by atoms with van der Waals surface area (Å²) in [4.78, 5) is 22.5. The summed E-state index contributed by atoms with van der Waals surface area (Å²) in [5.74, 6) is 0. The van der Waals surface area contributed by atoms with Crippen molar-refractivity contribution in [3.8, 4) is 0 Å². The number of likely N-dealkylation sites (tertiary alicyclic amines) is 1. The van der Waals surface area contributed by atoms with E-state index in [1.165, 1.54) is 6.33 Å². The van der Waals surface area contributed by atoms with Crippen molar-refractivity contribution < 1.29 is 9.53 Å². The third-order valence-electron chi connectivity index (χ3n) is 3.72. The van der Waals surface area contributed by atoms with Gasteiger partial charge < -0.3 is 4.74 Å². The molecule has 8 heteroatoms. The minimum Gasteiger partial charge on any atom is -0.444 e. The van der Waals surface area contributed by atoms with Crippen molar-refractivity contribution in [2.75, 3.05) is 6.54 Å². The van der Waals surface area contributed by atoms with E-state index in [9.17, 15) is 4.79 Å². The second-order valence-electron chi connectivity index (χ2n) is 6.64. The second-order valence-corrected chi connectivity index (χ2v) is 7.00. The third kappa shape index (κ3) is 3.24. The van der Waals surface area contributed by atoms with E-state index in [1.54, 1.807) is 15.8 Å². The van der Waals surface area contributed by atoms with Gasteiger partial charge in [0.05, 0.1) is 11.6 Å². The Morgan fingerprint density at radius 2 is 2.13 bits per heavy atom. The Kier molecular flexibility index (Phi) is 4.14. The summed E-state index contributed by atoms with van der Waals surface area (Å²) in [6.45, 7) is 6.22. The average molecular weight is 338 g/mol. The van der Waals surface area contributed by atoms with Gasteiger partial charge in [-0.05, 0) is 40.0 Å². The standard InChI is InChI=1S/C15H20ClN5O2/c1-15(2,3)23-14(22)20-7-5-4-6-11(20)21-13-10(8-19-21)12(16)17-9-18-13/h8-9,11H,4-7H2,1-3H3. The first kappa shape index (κ1) is 16.0. The number of aromatic nitrogens is 4. The number of ether oxygens (including phenoxy) is 1. The Morgan fingerprint density at radius 1 is 1.35 bits per heavy atom. The van der Waals surface area contributed by atoms with Gasteiger partial charge in [0.25, 0.3) is 0 Å². The van der Waals surface area contributed by atoms with Crippen LogP contribution in [0.25, 0.3) is 11.0 Å². The lowest BCUT2D eigenvalue weighted by Gasteiger charge is -2.36. The van der Waals surface area contributed by atoms with Crippen LogP contribution in [0, 0.1) is 0 Å². The van der Waals surface area contributed by atoms with Gasteiger partial charge in [-0.3, -0.25) is 4.90 Å². The number of amides is 1. The SMILES string of the molecule is CC(C)(C)OC(=O)N1CCCCC1n1ncc2c(Cl)ncnc21. The number of halogens is 1. The number of rotatable bonds is 1. The molecule has 0 N–H and O–H groups in total. The third-order valence-corrected chi connectivity index (χ3v) is 4.03. The van der Waals surface area contributed by atoms with E-state index < -0.39 is 5.60 Å². The summed E-state index contributed by atoms with van der Waals surface area (Å²) in [6.07, 6.45) is 5.27. The molecule has 1 saturated heterocycles. The molecule has 0 bridgehead atoms. The lowest BCUT2D eigenvalue weighted by atomic mass is 10.1. The molecule has 1 aliphatic heterocycles. The van der Waals surface area contributed by atoms with Crippen LogP contribution in [0.1, 0.15) is 46.2 Å². The normalized spacial score (nSPS) is 19.1. The second kappa shape index (κ2) is 5.96. The van der Waals surface area contributed by atoms with Crippen molar-refractivity contribution >= 4 is 28.7 Å². The van der Waals surface area contributed by atoms with Crippen LogP contribution >= 0.6 is 11.6 Å². The zero-order valence-corrected chi connectivity index (χ0v) is 14.2. The Morgan fingerprint density at radius 3 is 2.87 bits per heavy atom. The number of piperidine rings is 1. The van der Waals surface area contributed by atoms with Crippen molar-refractivity contribution in [2.45, 2.75) is 51.8 Å². The van der Waals surface area contributed by atoms with Gasteiger partial charge >= 0.3 is 6.09 Å². The fraction of sp³-hybridized carbons (Fsp3) is 0.600. The van der Waals surface area contributed by atoms with Gasteiger partial charge in [0.15, 0.2) is 5.65 Å². The largest absolute Gasteiger partial charge is 0.444 e. The predicted octanol–water partition coefficient (Wildman–Crippen LogP) is 3.40. The highest BCUT2D eigenvalue weighted by Gasteiger charge is 2.33. The molecule has 2 aromatic rings. The van der Waals surface area contributed by atoms with Crippen molar-refractivity contribution in [3.05, 3.63) is 17.7 Å². The predicted molar refractivity (Wildman–Crippen MR) is 86.2 cm³/mol. The highest BCUT2D eigenvalue weighted by atomic mass is 35.5. The smallest absolute Gasteiger partial charge is 0.412 e. The first-order chi connectivity index (χ1) is 10.9. The van der Waals surface area contributed by atoms with Crippen LogP contribution in [0.3, 0.4) is 0 Å². The molecule has 124 valence electrons. The van der Waals surface area contributed by atoms with Gasteiger partial charge in [-0.1, -0.05) is 11.6 Å². The molecule has 0 radical (unpaired) electrons. The molecule has 1 atom stereocenters. The zero-order valence-electron chi connectivity index (χ0n) is 13.5. The molecule has 1 aliphatic rings. The van der Waals surface area contributed by atoms with E-state index in [4.69, 9.17) is 16.3 Å². The van der Waals surface area contributed by atoms with Crippen molar-refractivity contribution in [1.29, 1.82) is 0 Å². The number of hydrogen-bond acceptors (Lipinski definition) is 5. The maximum absolute atomic E-state index is 12.5. The molecule has 0 aliphatic carbocycles. The van der Waals surface area contributed by atoms with Gasteiger partial charge in [-0.15, -0.1) is 0 Å². The van der Waals surface area contributed by atoms with Crippen LogP contribution in [0.15, 0.2) is 12.5 Å². The minimum atomic E-state index is -0.531. The van der Waals surface area contributed by atoms with Crippen molar-refractivity contribution in [1.82, 2.24) is 24.6 Å². The summed E-state index contributed by atoms with van der Waals surface area (Å²) >= 11 is 6.09. The maximum Gasteiger partial charge on any atom is 0.412 e. The Bertz CT molecular complexity index is 724. The molecule has 0 spiro atoms. The Hall–Kier alpha value is -1.89. The summed E-state index contributed by atoms with van der Waals surface area (Å²) in [5.41, 5.74) is 0.0990. The van der Waals surface area contributed by atoms with Crippen LogP contribution in [-0.4, -0.2) is 42.9 Å². The van der Waals surface area contributed by atoms with Crippen molar-refractivity contribution in [2.24, 2.45) is 0 Å². The van der Waals surface area contributed by atoms with Gasteiger partial charge in [0.2, 0.25) is 0 Å². The Balaban J connectivity index is 1.94. The Labute approximate surface area is 139 Å². The zero-order chi connectivity index (χ0) is 16.6. The first-order valence-corrected chi connectivity index (χ1v) is 8.08. The molecule has 3 heterocycles. The van der Waals surface area contributed by atoms with E-state index in [-0.39, 0.29) is 12.3 Å². The topological polar surface area (TPSA) is 73.1 Å². The van der Waals surface area contributed by atoms with Gasteiger partial charge in [-0.2, -0.15) is 5.10 Å². The number of hydrogen-bond donors (Lipinski definition) is 0. The van der Waals surface area contributed by atoms with Gasteiger partial charge in [0, 0.05) is 6.54 Å². The molecule has 0 aromatic carbocycles. The molecular weight excluding hydrogens is 318 g/mol. The molecule has 0 saturated carbocycles.